The minimum Gasteiger partial charge on any atom is -0.486 e. The zero-order chi connectivity index (χ0) is 20.1. The number of carboxylic acids is 1. The summed E-state index contributed by atoms with van der Waals surface area (Å²) in [6.07, 6.45) is -0.188. The molecule has 0 fully saturated rings. The van der Waals surface area contributed by atoms with Gasteiger partial charge in [0.2, 0.25) is 5.91 Å². The number of carboxylic acid groups (broad SMARTS) is 1. The number of nitrogens with one attached hydrogen (secondary N) is 1. The predicted octanol–water partition coefficient (Wildman–Crippen LogP) is 5.45. The highest BCUT2D eigenvalue weighted by atomic mass is 35.5. The molecular weight excluding hydrogens is 413 g/mol. The fourth-order valence-corrected chi connectivity index (χ4v) is 3.17. The van der Waals surface area contributed by atoms with Crippen molar-refractivity contribution in [2.75, 3.05) is 5.32 Å². The molecule has 5 nitrogen and oxygen atoms in total. The molecule has 0 spiro atoms. The van der Waals surface area contributed by atoms with Gasteiger partial charge < -0.3 is 15.2 Å². The van der Waals surface area contributed by atoms with E-state index in [1.165, 1.54) is 12.1 Å². The highest BCUT2D eigenvalue weighted by molar-refractivity contribution is 6.37. The monoisotopic (exact) mass is 429 g/mol. The second-order valence-electron chi connectivity index (χ2n) is 6.24. The number of ether oxygens (including phenoxy) is 1. The highest BCUT2D eigenvalue weighted by Gasteiger charge is 2.13. The predicted molar refractivity (Wildman–Crippen MR) is 107 cm³/mol. The van der Waals surface area contributed by atoms with Gasteiger partial charge in [0.05, 0.1) is 16.5 Å². The van der Waals surface area contributed by atoms with E-state index in [1.54, 1.807) is 32.0 Å². The molecule has 2 N–H and O–H groups in total. The van der Waals surface area contributed by atoms with Crippen molar-refractivity contribution in [1.29, 1.82) is 0 Å². The van der Waals surface area contributed by atoms with Crippen LogP contribution in [-0.4, -0.2) is 17.0 Å². The topological polar surface area (TPSA) is 75.6 Å². The lowest BCUT2D eigenvalue weighted by molar-refractivity contribution is -0.136. The van der Waals surface area contributed by atoms with Crippen LogP contribution in [0.25, 0.3) is 0 Å². The van der Waals surface area contributed by atoms with Gasteiger partial charge in [-0.15, -0.1) is 0 Å². The number of amides is 1. The fraction of sp³-hybridized carbons (Fsp3) is 0.263. The molecule has 0 aliphatic heterocycles. The number of halogens is 3. The molecule has 27 heavy (non-hydrogen) atoms. The Bertz CT molecular complexity index is 845. The average Bonchev–Trinajstić information content (AvgIpc) is 2.52. The number of hydrogen-bond donors (Lipinski definition) is 2. The van der Waals surface area contributed by atoms with Crippen LogP contribution >= 0.6 is 34.8 Å². The summed E-state index contributed by atoms with van der Waals surface area (Å²) in [5.74, 6) is -1.01. The Balaban J connectivity index is 2.15. The summed E-state index contributed by atoms with van der Waals surface area (Å²) in [6, 6.07) is 8.10. The lowest BCUT2D eigenvalue weighted by Crippen LogP contribution is -2.17. The minimum absolute atomic E-state index is 0.114. The summed E-state index contributed by atoms with van der Waals surface area (Å²) in [4.78, 5) is 22.7. The van der Waals surface area contributed by atoms with Crippen molar-refractivity contribution in [2.45, 2.75) is 26.9 Å². The molecule has 0 unspecified atom stereocenters. The van der Waals surface area contributed by atoms with E-state index >= 15 is 0 Å². The van der Waals surface area contributed by atoms with Gasteiger partial charge in [-0.3, -0.25) is 9.59 Å². The van der Waals surface area contributed by atoms with E-state index in [4.69, 9.17) is 44.6 Å². The number of carbonyl (C=O) groups is 2. The Morgan fingerprint density at radius 1 is 1.04 bits per heavy atom. The first kappa shape index (κ1) is 21.4. The number of aliphatic carboxylic acids is 1. The maximum absolute atomic E-state index is 11.8. The first-order valence-electron chi connectivity index (χ1n) is 8.08. The largest absolute Gasteiger partial charge is 0.486 e. The highest BCUT2D eigenvalue weighted by Crippen LogP contribution is 2.35. The average molecular weight is 431 g/mol. The van der Waals surface area contributed by atoms with Crippen molar-refractivity contribution in [3.05, 3.63) is 56.5 Å². The van der Waals surface area contributed by atoms with Crippen LogP contribution in [0.1, 0.15) is 25.0 Å². The van der Waals surface area contributed by atoms with Crippen LogP contribution in [0.4, 0.5) is 5.69 Å². The van der Waals surface area contributed by atoms with Gasteiger partial charge in [-0.1, -0.05) is 48.7 Å². The summed E-state index contributed by atoms with van der Waals surface area (Å²) in [6.45, 7) is 3.70. The van der Waals surface area contributed by atoms with Gasteiger partial charge in [-0.2, -0.15) is 0 Å². The molecule has 2 rings (SSSR count). The first-order valence-corrected chi connectivity index (χ1v) is 9.22. The van der Waals surface area contributed by atoms with Gasteiger partial charge in [0.15, 0.2) is 5.75 Å². The van der Waals surface area contributed by atoms with E-state index in [-0.39, 0.29) is 40.6 Å². The van der Waals surface area contributed by atoms with Crippen molar-refractivity contribution in [1.82, 2.24) is 0 Å². The lowest BCUT2D eigenvalue weighted by atomic mass is 10.1. The fourth-order valence-electron chi connectivity index (χ4n) is 2.27. The molecule has 0 bridgehead atoms. The number of carbonyl (C=O) groups excluding carboxylic acids is 1. The van der Waals surface area contributed by atoms with Crippen LogP contribution in [0.15, 0.2) is 30.3 Å². The summed E-state index contributed by atoms with van der Waals surface area (Å²) in [5, 5.41) is 12.5. The smallest absolute Gasteiger partial charge is 0.307 e. The summed E-state index contributed by atoms with van der Waals surface area (Å²) >= 11 is 18.4. The molecule has 0 aromatic heterocycles. The van der Waals surface area contributed by atoms with Gasteiger partial charge >= 0.3 is 5.97 Å². The van der Waals surface area contributed by atoms with Crippen LogP contribution in [0.3, 0.4) is 0 Å². The minimum atomic E-state index is -0.981. The molecule has 0 saturated heterocycles. The molecule has 2 aromatic rings. The second kappa shape index (κ2) is 9.31. The van der Waals surface area contributed by atoms with Gasteiger partial charge in [-0.25, -0.2) is 0 Å². The second-order valence-corrected chi connectivity index (χ2v) is 7.49. The molecular formula is C19H18Cl3NO4. The molecule has 144 valence electrons. The van der Waals surface area contributed by atoms with E-state index < -0.39 is 5.97 Å². The van der Waals surface area contributed by atoms with Gasteiger partial charge in [0, 0.05) is 16.6 Å². The summed E-state index contributed by atoms with van der Waals surface area (Å²) < 4.78 is 5.69. The van der Waals surface area contributed by atoms with Crippen molar-refractivity contribution >= 4 is 52.4 Å². The van der Waals surface area contributed by atoms with Gasteiger partial charge in [0.25, 0.3) is 0 Å². The Morgan fingerprint density at radius 3 is 2.22 bits per heavy atom. The van der Waals surface area contributed by atoms with Crippen LogP contribution in [0, 0.1) is 5.92 Å². The van der Waals surface area contributed by atoms with Crippen LogP contribution in [-0.2, 0) is 22.6 Å². The normalized spacial score (nSPS) is 10.7. The Hall–Kier alpha value is -1.95. The molecule has 0 heterocycles. The SMILES string of the molecule is CC(C)C(=O)Nc1cc(Cl)cc(COc2c(Cl)cc(CC(=O)O)cc2Cl)c1. The zero-order valence-corrected chi connectivity index (χ0v) is 17.0. The third-order valence-electron chi connectivity index (χ3n) is 3.55. The molecule has 0 radical (unpaired) electrons. The van der Waals surface area contributed by atoms with E-state index in [1.807, 2.05) is 0 Å². The van der Waals surface area contributed by atoms with E-state index in [0.29, 0.717) is 21.8 Å². The maximum atomic E-state index is 11.8. The molecule has 0 atom stereocenters. The third kappa shape index (κ3) is 6.31. The lowest BCUT2D eigenvalue weighted by Gasteiger charge is -2.13. The number of rotatable bonds is 7. The summed E-state index contributed by atoms with van der Waals surface area (Å²) in [7, 11) is 0. The van der Waals surface area contributed by atoms with Crippen molar-refractivity contribution in [2.24, 2.45) is 5.92 Å². The van der Waals surface area contributed by atoms with Crippen LogP contribution in [0.5, 0.6) is 5.75 Å². The maximum Gasteiger partial charge on any atom is 0.307 e. The Morgan fingerprint density at radius 2 is 1.67 bits per heavy atom. The third-order valence-corrected chi connectivity index (χ3v) is 4.33. The molecule has 2 aromatic carbocycles. The van der Waals surface area contributed by atoms with Gasteiger partial charge in [0.1, 0.15) is 6.61 Å². The summed E-state index contributed by atoms with van der Waals surface area (Å²) in [5.41, 5.74) is 1.75. The Kier molecular flexibility index (Phi) is 7.36. The van der Waals surface area contributed by atoms with E-state index in [2.05, 4.69) is 5.32 Å². The number of anilines is 1. The van der Waals surface area contributed by atoms with E-state index in [9.17, 15) is 9.59 Å². The Labute approximate surface area is 172 Å². The van der Waals surface area contributed by atoms with Gasteiger partial charge in [-0.05, 0) is 41.5 Å². The van der Waals surface area contributed by atoms with Crippen LogP contribution < -0.4 is 10.1 Å². The zero-order valence-electron chi connectivity index (χ0n) is 14.7. The number of hydrogen-bond acceptors (Lipinski definition) is 3. The molecule has 0 saturated carbocycles. The molecule has 1 amide bonds. The first-order chi connectivity index (χ1) is 12.7. The molecule has 0 aliphatic rings. The number of benzene rings is 2. The molecule has 0 aliphatic carbocycles. The standard InChI is InChI=1S/C19H18Cl3NO4/c1-10(2)19(26)23-14-4-12(3-13(20)8-14)9-27-18-15(21)5-11(6-16(18)22)7-17(24)25/h3-6,8,10H,7,9H2,1-2H3,(H,23,26)(H,24,25). The molecule has 8 heteroatoms. The quantitative estimate of drug-likeness (QED) is 0.612. The van der Waals surface area contributed by atoms with E-state index in [0.717, 1.165) is 0 Å². The van der Waals surface area contributed by atoms with Crippen molar-refractivity contribution in [3.63, 3.8) is 0 Å². The van der Waals surface area contributed by atoms with Crippen molar-refractivity contribution in [3.8, 4) is 5.75 Å². The van der Waals surface area contributed by atoms with Crippen molar-refractivity contribution < 1.29 is 19.4 Å². The van der Waals surface area contributed by atoms with Crippen LogP contribution in [0.2, 0.25) is 15.1 Å².